The van der Waals surface area contributed by atoms with Gasteiger partial charge in [0.1, 0.15) is 5.54 Å². The van der Waals surface area contributed by atoms with Gasteiger partial charge in [0.15, 0.2) is 0 Å². The number of carboxylic acids is 1. The molecule has 0 aromatic rings. The van der Waals surface area contributed by atoms with E-state index < -0.39 is 11.5 Å². The lowest BCUT2D eigenvalue weighted by Crippen LogP contribution is -2.49. The van der Waals surface area contributed by atoms with Crippen molar-refractivity contribution in [1.29, 1.82) is 0 Å². The highest BCUT2D eigenvalue weighted by Gasteiger charge is 2.33. The number of nitrogens with one attached hydrogen (secondary N) is 1. The molecule has 12 heavy (non-hydrogen) atoms. The van der Waals surface area contributed by atoms with E-state index >= 15 is 0 Å². The van der Waals surface area contributed by atoms with Crippen LogP contribution in [0.15, 0.2) is 0 Å². The van der Waals surface area contributed by atoms with Crippen LogP contribution < -0.4 is 5.32 Å². The maximum absolute atomic E-state index is 10.9. The average Bonchev–Trinajstić information content (AvgIpc) is 2.07. The zero-order valence-corrected chi connectivity index (χ0v) is 8.18. The molecule has 0 saturated heterocycles. The Labute approximate surface area is 74.2 Å². The van der Waals surface area contributed by atoms with Crippen LogP contribution >= 0.6 is 0 Å². The molecule has 0 aromatic heterocycles. The molecule has 1 atom stereocenters. The van der Waals surface area contributed by atoms with Gasteiger partial charge in [-0.2, -0.15) is 0 Å². The number of carboxylic acid groups (broad SMARTS) is 1. The predicted octanol–water partition coefficient (Wildman–Crippen LogP) is 1.63. The lowest BCUT2D eigenvalue weighted by Gasteiger charge is -2.27. The zero-order chi connectivity index (χ0) is 9.61. The van der Waals surface area contributed by atoms with Gasteiger partial charge in [0.2, 0.25) is 0 Å². The van der Waals surface area contributed by atoms with Gasteiger partial charge in [0.25, 0.3) is 0 Å². The van der Waals surface area contributed by atoms with Crippen LogP contribution in [0.2, 0.25) is 0 Å². The van der Waals surface area contributed by atoms with Crippen LogP contribution in [0.4, 0.5) is 0 Å². The molecule has 0 aliphatic carbocycles. The SMILES string of the molecule is CCCCC(CC)(NC)C(=O)O. The third-order valence-electron chi connectivity index (χ3n) is 2.45. The Morgan fingerprint density at radius 2 is 2.08 bits per heavy atom. The number of hydrogen-bond donors (Lipinski definition) is 2. The molecule has 3 heteroatoms. The predicted molar refractivity (Wildman–Crippen MR) is 49.2 cm³/mol. The Bertz CT molecular complexity index is 141. The number of carbonyl (C=O) groups is 1. The van der Waals surface area contributed by atoms with Gasteiger partial charge < -0.3 is 10.4 Å². The smallest absolute Gasteiger partial charge is 0.323 e. The second kappa shape index (κ2) is 5.14. The van der Waals surface area contributed by atoms with E-state index in [1.807, 2.05) is 6.92 Å². The second-order valence-electron chi connectivity index (χ2n) is 3.09. The summed E-state index contributed by atoms with van der Waals surface area (Å²) in [4.78, 5) is 10.9. The van der Waals surface area contributed by atoms with Crippen molar-refractivity contribution in [3.63, 3.8) is 0 Å². The maximum atomic E-state index is 10.9. The number of unbranched alkanes of at least 4 members (excludes halogenated alkanes) is 1. The van der Waals surface area contributed by atoms with E-state index in [-0.39, 0.29) is 0 Å². The fourth-order valence-electron chi connectivity index (χ4n) is 1.32. The maximum Gasteiger partial charge on any atom is 0.323 e. The summed E-state index contributed by atoms with van der Waals surface area (Å²) in [5.74, 6) is -0.735. The van der Waals surface area contributed by atoms with Gasteiger partial charge in [-0.15, -0.1) is 0 Å². The third kappa shape index (κ3) is 2.48. The quantitative estimate of drug-likeness (QED) is 0.642. The van der Waals surface area contributed by atoms with Crippen molar-refractivity contribution in [3.8, 4) is 0 Å². The number of rotatable bonds is 6. The largest absolute Gasteiger partial charge is 0.480 e. The van der Waals surface area contributed by atoms with Crippen LogP contribution in [0.3, 0.4) is 0 Å². The molecule has 0 saturated carbocycles. The van der Waals surface area contributed by atoms with E-state index in [0.717, 1.165) is 12.8 Å². The first-order chi connectivity index (χ1) is 5.63. The molecule has 0 aliphatic heterocycles. The molecule has 0 spiro atoms. The minimum atomic E-state index is -0.735. The number of hydrogen-bond acceptors (Lipinski definition) is 2. The fourth-order valence-corrected chi connectivity index (χ4v) is 1.32. The second-order valence-corrected chi connectivity index (χ2v) is 3.09. The first kappa shape index (κ1) is 11.4. The minimum Gasteiger partial charge on any atom is -0.480 e. The van der Waals surface area contributed by atoms with Crippen LogP contribution in [0.5, 0.6) is 0 Å². The molecular formula is C9H19NO2. The molecule has 72 valence electrons. The highest BCUT2D eigenvalue weighted by atomic mass is 16.4. The Morgan fingerprint density at radius 1 is 1.50 bits per heavy atom. The van der Waals surface area contributed by atoms with Crippen molar-refractivity contribution in [2.24, 2.45) is 0 Å². The first-order valence-electron chi connectivity index (χ1n) is 4.55. The number of aliphatic carboxylic acids is 1. The molecule has 3 nitrogen and oxygen atoms in total. The summed E-state index contributed by atoms with van der Waals surface area (Å²) in [6.45, 7) is 3.97. The van der Waals surface area contributed by atoms with Gasteiger partial charge in [-0.25, -0.2) is 0 Å². The summed E-state index contributed by atoms with van der Waals surface area (Å²) in [5.41, 5.74) is -0.698. The van der Waals surface area contributed by atoms with Crippen molar-refractivity contribution in [2.45, 2.75) is 45.1 Å². The van der Waals surface area contributed by atoms with E-state index in [0.29, 0.717) is 12.8 Å². The summed E-state index contributed by atoms with van der Waals surface area (Å²) in [6.07, 6.45) is 3.35. The standard InChI is InChI=1S/C9H19NO2/c1-4-6-7-9(5-2,10-3)8(11)12/h10H,4-7H2,1-3H3,(H,11,12). The average molecular weight is 173 g/mol. The highest BCUT2D eigenvalue weighted by molar-refractivity contribution is 5.78. The Balaban J connectivity index is 4.25. The zero-order valence-electron chi connectivity index (χ0n) is 8.18. The molecule has 0 heterocycles. The molecule has 0 fully saturated rings. The summed E-state index contributed by atoms with van der Waals surface area (Å²) >= 11 is 0. The van der Waals surface area contributed by atoms with Crippen LogP contribution in [0, 0.1) is 0 Å². The van der Waals surface area contributed by atoms with Crippen LogP contribution in [-0.2, 0) is 4.79 Å². The van der Waals surface area contributed by atoms with Crippen molar-refractivity contribution >= 4 is 5.97 Å². The molecule has 2 N–H and O–H groups in total. The van der Waals surface area contributed by atoms with Crippen molar-refractivity contribution in [3.05, 3.63) is 0 Å². The lowest BCUT2D eigenvalue weighted by molar-refractivity contribution is -0.145. The molecule has 0 aromatic carbocycles. The van der Waals surface area contributed by atoms with Gasteiger partial charge >= 0.3 is 5.97 Å². The Hall–Kier alpha value is -0.570. The lowest BCUT2D eigenvalue weighted by atomic mass is 9.90. The van der Waals surface area contributed by atoms with Gasteiger partial charge in [0.05, 0.1) is 0 Å². The van der Waals surface area contributed by atoms with Gasteiger partial charge in [-0.1, -0.05) is 26.7 Å². The van der Waals surface area contributed by atoms with Crippen LogP contribution in [-0.4, -0.2) is 23.7 Å². The highest BCUT2D eigenvalue weighted by Crippen LogP contribution is 2.18. The van der Waals surface area contributed by atoms with E-state index in [1.165, 1.54) is 0 Å². The summed E-state index contributed by atoms with van der Waals surface area (Å²) in [5, 5.41) is 11.9. The van der Waals surface area contributed by atoms with Crippen molar-refractivity contribution < 1.29 is 9.90 Å². The van der Waals surface area contributed by atoms with Crippen LogP contribution in [0.1, 0.15) is 39.5 Å². The van der Waals surface area contributed by atoms with E-state index in [2.05, 4.69) is 12.2 Å². The summed E-state index contributed by atoms with van der Waals surface area (Å²) in [7, 11) is 1.72. The number of likely N-dealkylation sites (N-methyl/N-ethyl adjacent to an activating group) is 1. The molecule has 0 radical (unpaired) electrons. The van der Waals surface area contributed by atoms with Gasteiger partial charge in [0, 0.05) is 0 Å². The minimum absolute atomic E-state index is 0.638. The van der Waals surface area contributed by atoms with Crippen molar-refractivity contribution in [2.75, 3.05) is 7.05 Å². The third-order valence-corrected chi connectivity index (χ3v) is 2.45. The van der Waals surface area contributed by atoms with E-state index in [4.69, 9.17) is 5.11 Å². The topological polar surface area (TPSA) is 49.3 Å². The Kier molecular flexibility index (Phi) is 4.90. The normalized spacial score (nSPS) is 15.6. The molecule has 0 aliphatic rings. The molecule has 0 rings (SSSR count). The van der Waals surface area contributed by atoms with Gasteiger partial charge in [-0.3, -0.25) is 4.79 Å². The molecule has 0 amide bonds. The summed E-state index contributed by atoms with van der Waals surface area (Å²) < 4.78 is 0. The summed E-state index contributed by atoms with van der Waals surface area (Å²) in [6, 6.07) is 0. The van der Waals surface area contributed by atoms with Crippen LogP contribution in [0.25, 0.3) is 0 Å². The molecular weight excluding hydrogens is 154 g/mol. The Morgan fingerprint density at radius 3 is 2.33 bits per heavy atom. The molecule has 1 unspecified atom stereocenters. The monoisotopic (exact) mass is 173 g/mol. The van der Waals surface area contributed by atoms with Gasteiger partial charge in [-0.05, 0) is 19.9 Å². The van der Waals surface area contributed by atoms with E-state index in [1.54, 1.807) is 7.05 Å². The van der Waals surface area contributed by atoms with E-state index in [9.17, 15) is 4.79 Å². The molecule has 0 bridgehead atoms. The fraction of sp³-hybridized carbons (Fsp3) is 0.889. The van der Waals surface area contributed by atoms with Crippen molar-refractivity contribution in [1.82, 2.24) is 5.32 Å². The first-order valence-corrected chi connectivity index (χ1v) is 4.55.